The normalized spacial score (nSPS) is 18.4. The van der Waals surface area contributed by atoms with Crippen molar-refractivity contribution in [2.75, 3.05) is 19.0 Å². The lowest BCUT2D eigenvalue weighted by atomic mass is 10.0. The second-order valence-corrected chi connectivity index (χ2v) is 9.25. The molecular weight excluding hydrogens is 372 g/mol. The Kier molecular flexibility index (Phi) is 5.95. The molecule has 1 fully saturated rings. The van der Waals surface area contributed by atoms with Crippen molar-refractivity contribution in [2.24, 2.45) is 0 Å². The summed E-state index contributed by atoms with van der Waals surface area (Å²) in [7, 11) is -1.98. The number of hydrogen-bond acceptors (Lipinski definition) is 5. The summed E-state index contributed by atoms with van der Waals surface area (Å²) in [5, 5.41) is 4.58. The first-order valence-electron chi connectivity index (χ1n) is 8.50. The highest BCUT2D eigenvalue weighted by atomic mass is 32.2. The van der Waals surface area contributed by atoms with Gasteiger partial charge in [-0.2, -0.15) is 4.31 Å². The van der Waals surface area contributed by atoms with Crippen molar-refractivity contribution >= 4 is 33.0 Å². The topological polar surface area (TPSA) is 75.7 Å². The molecule has 0 bridgehead atoms. The fraction of sp³-hybridized carbons (Fsp3) is 0.389. The number of amides is 1. The molecular formula is C18H22N2O4S2. The third-order valence-electron chi connectivity index (χ3n) is 4.41. The quantitative estimate of drug-likeness (QED) is 0.815. The monoisotopic (exact) mass is 394 g/mol. The molecule has 0 radical (unpaired) electrons. The molecule has 1 aromatic carbocycles. The van der Waals surface area contributed by atoms with Gasteiger partial charge in [-0.15, -0.1) is 11.3 Å². The molecule has 1 atom stereocenters. The zero-order valence-corrected chi connectivity index (χ0v) is 16.2. The Morgan fingerprint density at radius 3 is 2.88 bits per heavy atom. The van der Waals surface area contributed by atoms with E-state index in [1.54, 1.807) is 48.9 Å². The molecule has 0 saturated carbocycles. The van der Waals surface area contributed by atoms with Gasteiger partial charge in [-0.3, -0.25) is 4.79 Å². The lowest BCUT2D eigenvalue weighted by Crippen LogP contribution is -2.45. The van der Waals surface area contributed by atoms with Crippen molar-refractivity contribution in [3.8, 4) is 5.75 Å². The van der Waals surface area contributed by atoms with Crippen LogP contribution in [0, 0.1) is 0 Å². The number of benzene rings is 1. The second-order valence-electron chi connectivity index (χ2n) is 6.18. The maximum Gasteiger partial charge on any atom is 0.252 e. The number of anilines is 1. The van der Waals surface area contributed by atoms with Crippen LogP contribution in [0.4, 0.5) is 5.69 Å². The summed E-state index contributed by atoms with van der Waals surface area (Å²) < 4.78 is 32.7. The van der Waals surface area contributed by atoms with Crippen LogP contribution in [0.5, 0.6) is 5.75 Å². The summed E-state index contributed by atoms with van der Waals surface area (Å²) in [5.74, 6) is 0.457. The van der Waals surface area contributed by atoms with E-state index < -0.39 is 10.0 Å². The van der Waals surface area contributed by atoms with Gasteiger partial charge in [0.2, 0.25) is 5.91 Å². The largest absolute Gasteiger partial charge is 0.497 e. The molecule has 1 aliphatic rings. The molecule has 8 heteroatoms. The number of thiophene rings is 1. The lowest BCUT2D eigenvalue weighted by molar-refractivity contribution is -0.117. The molecule has 2 aromatic rings. The number of nitrogens with zero attached hydrogens (tertiary/aromatic N) is 1. The number of hydrogen-bond donors (Lipinski definition) is 1. The molecule has 140 valence electrons. The van der Waals surface area contributed by atoms with Crippen molar-refractivity contribution < 1.29 is 17.9 Å². The fourth-order valence-electron chi connectivity index (χ4n) is 3.15. The number of sulfonamides is 1. The van der Waals surface area contributed by atoms with E-state index in [9.17, 15) is 13.2 Å². The third-order valence-corrected chi connectivity index (χ3v) is 7.73. The molecule has 1 N–H and O–H groups in total. The summed E-state index contributed by atoms with van der Waals surface area (Å²) in [6, 6.07) is 10.1. The van der Waals surface area contributed by atoms with Crippen LogP contribution >= 0.6 is 11.3 Å². The number of methoxy groups -OCH3 is 1. The summed E-state index contributed by atoms with van der Waals surface area (Å²) >= 11 is 1.21. The average Bonchev–Trinajstić information content (AvgIpc) is 3.17. The van der Waals surface area contributed by atoms with Gasteiger partial charge >= 0.3 is 0 Å². The molecule has 1 aliphatic heterocycles. The van der Waals surface area contributed by atoms with Gasteiger partial charge < -0.3 is 10.1 Å². The molecule has 3 rings (SSSR count). The zero-order chi connectivity index (χ0) is 18.6. The van der Waals surface area contributed by atoms with E-state index >= 15 is 0 Å². The Balaban J connectivity index is 1.71. The van der Waals surface area contributed by atoms with E-state index in [0.717, 1.165) is 12.8 Å². The Labute approximate surface area is 157 Å². The van der Waals surface area contributed by atoms with E-state index in [0.29, 0.717) is 28.6 Å². The van der Waals surface area contributed by atoms with Crippen molar-refractivity contribution in [3.05, 3.63) is 41.8 Å². The molecule has 6 nitrogen and oxygen atoms in total. The predicted molar refractivity (Wildman–Crippen MR) is 102 cm³/mol. The summed E-state index contributed by atoms with van der Waals surface area (Å²) in [6.07, 6.45) is 2.57. The first kappa shape index (κ1) is 18.9. The highest BCUT2D eigenvalue weighted by molar-refractivity contribution is 7.91. The van der Waals surface area contributed by atoms with Gasteiger partial charge in [-0.25, -0.2) is 8.42 Å². The first-order chi connectivity index (χ1) is 12.5. The van der Waals surface area contributed by atoms with E-state index in [4.69, 9.17) is 4.74 Å². The predicted octanol–water partition coefficient (Wildman–Crippen LogP) is 3.33. The molecule has 0 aliphatic carbocycles. The first-order valence-corrected chi connectivity index (χ1v) is 10.8. The van der Waals surface area contributed by atoms with Gasteiger partial charge in [0, 0.05) is 30.8 Å². The average molecular weight is 395 g/mol. The Morgan fingerprint density at radius 1 is 1.31 bits per heavy atom. The zero-order valence-electron chi connectivity index (χ0n) is 14.6. The maximum absolute atomic E-state index is 12.9. The number of rotatable bonds is 6. The molecule has 26 heavy (non-hydrogen) atoms. The molecule has 1 amide bonds. The Bertz CT molecular complexity index is 850. The van der Waals surface area contributed by atoms with E-state index in [2.05, 4.69) is 5.32 Å². The highest BCUT2D eigenvalue weighted by Gasteiger charge is 2.35. The minimum atomic E-state index is -3.55. The van der Waals surface area contributed by atoms with Crippen molar-refractivity contribution in [1.82, 2.24) is 4.31 Å². The number of nitrogens with one attached hydrogen (secondary N) is 1. The molecule has 2 heterocycles. The van der Waals surface area contributed by atoms with Crippen molar-refractivity contribution in [3.63, 3.8) is 0 Å². The van der Waals surface area contributed by atoms with Crippen LogP contribution in [0.15, 0.2) is 46.0 Å². The smallest absolute Gasteiger partial charge is 0.252 e. The van der Waals surface area contributed by atoms with E-state index in [1.165, 1.54) is 15.6 Å². The van der Waals surface area contributed by atoms with Gasteiger partial charge in [0.05, 0.1) is 7.11 Å². The van der Waals surface area contributed by atoms with Gasteiger partial charge in [-0.1, -0.05) is 18.6 Å². The number of ether oxygens (including phenoxy) is 1. The highest BCUT2D eigenvalue weighted by Crippen LogP contribution is 2.29. The van der Waals surface area contributed by atoms with Gasteiger partial charge in [0.25, 0.3) is 10.0 Å². The van der Waals surface area contributed by atoms with Crippen LogP contribution in [0.2, 0.25) is 0 Å². The number of piperidine rings is 1. The van der Waals surface area contributed by atoms with Crippen LogP contribution in [-0.2, 0) is 14.8 Å². The fourth-order valence-corrected chi connectivity index (χ4v) is 5.96. The van der Waals surface area contributed by atoms with E-state index in [-0.39, 0.29) is 18.4 Å². The van der Waals surface area contributed by atoms with Crippen molar-refractivity contribution in [2.45, 2.75) is 35.9 Å². The van der Waals surface area contributed by atoms with Crippen LogP contribution < -0.4 is 10.1 Å². The molecule has 1 aromatic heterocycles. The maximum atomic E-state index is 12.9. The van der Waals surface area contributed by atoms with Crippen LogP contribution in [0.25, 0.3) is 0 Å². The molecule has 0 spiro atoms. The molecule has 0 unspecified atom stereocenters. The summed E-state index contributed by atoms with van der Waals surface area (Å²) in [5.41, 5.74) is 0.637. The SMILES string of the molecule is COc1cccc(NC(=O)C[C@H]2CCCCN2S(=O)(=O)c2cccs2)c1. The van der Waals surface area contributed by atoms with Crippen LogP contribution in [-0.4, -0.2) is 38.3 Å². The Morgan fingerprint density at radius 2 is 2.15 bits per heavy atom. The Hall–Kier alpha value is -1.90. The minimum Gasteiger partial charge on any atom is -0.497 e. The number of carbonyl (C=O) groups is 1. The standard InChI is InChI=1S/C18H22N2O4S2/c1-24-16-8-4-6-14(12-16)19-17(21)13-15-7-2-3-10-20(15)26(22,23)18-9-5-11-25-18/h4-6,8-9,11-12,15H,2-3,7,10,13H2,1H3,(H,19,21)/t15-/m1/s1. The summed E-state index contributed by atoms with van der Waals surface area (Å²) in [6.45, 7) is 0.456. The van der Waals surface area contributed by atoms with Gasteiger partial charge in [0.15, 0.2) is 0 Å². The van der Waals surface area contributed by atoms with Gasteiger partial charge in [-0.05, 0) is 36.4 Å². The third kappa shape index (κ3) is 4.25. The van der Waals surface area contributed by atoms with Crippen LogP contribution in [0.1, 0.15) is 25.7 Å². The molecule has 1 saturated heterocycles. The lowest BCUT2D eigenvalue weighted by Gasteiger charge is -2.34. The van der Waals surface area contributed by atoms with Crippen LogP contribution in [0.3, 0.4) is 0 Å². The number of carbonyl (C=O) groups excluding carboxylic acids is 1. The summed E-state index contributed by atoms with van der Waals surface area (Å²) in [4.78, 5) is 12.5. The second kappa shape index (κ2) is 8.20. The van der Waals surface area contributed by atoms with Crippen molar-refractivity contribution in [1.29, 1.82) is 0 Å². The van der Waals surface area contributed by atoms with E-state index in [1.807, 2.05) is 0 Å². The minimum absolute atomic E-state index is 0.141. The van der Waals surface area contributed by atoms with Gasteiger partial charge in [0.1, 0.15) is 9.96 Å².